The summed E-state index contributed by atoms with van der Waals surface area (Å²) in [6.07, 6.45) is 6.75. The summed E-state index contributed by atoms with van der Waals surface area (Å²) < 4.78 is 7.84. The quantitative estimate of drug-likeness (QED) is 0.305. The molecule has 2 aliphatic rings. The minimum Gasteiger partial charge on any atom is -0.497 e. The first-order valence-electron chi connectivity index (χ1n) is 12.3. The third-order valence-corrected chi connectivity index (χ3v) is 8.86. The van der Waals surface area contributed by atoms with Crippen molar-refractivity contribution < 1.29 is 9.53 Å². The maximum atomic E-state index is 14.1. The number of rotatable bonds is 3. The van der Waals surface area contributed by atoms with Crippen LogP contribution in [0.15, 0.2) is 60.8 Å². The Balaban J connectivity index is 1.51. The molecule has 1 aliphatic heterocycles. The van der Waals surface area contributed by atoms with E-state index in [1.165, 1.54) is 33.8 Å². The number of aromatic nitrogens is 1. The minimum absolute atomic E-state index is 0.149. The van der Waals surface area contributed by atoms with Crippen molar-refractivity contribution in [1.82, 2.24) is 9.47 Å². The number of carbonyl (C=O) groups excluding carboxylic acids is 1. The van der Waals surface area contributed by atoms with E-state index in [0.717, 1.165) is 41.1 Å². The summed E-state index contributed by atoms with van der Waals surface area (Å²) in [6.45, 7) is 2.52. The van der Waals surface area contributed by atoms with Gasteiger partial charge in [-0.05, 0) is 85.7 Å². The molecule has 7 heteroatoms. The van der Waals surface area contributed by atoms with E-state index in [-0.39, 0.29) is 12.1 Å². The van der Waals surface area contributed by atoms with Crippen LogP contribution in [0.3, 0.4) is 0 Å². The summed E-state index contributed by atoms with van der Waals surface area (Å²) >= 11 is 8.16. The molecule has 0 unspecified atom stereocenters. The van der Waals surface area contributed by atoms with Crippen molar-refractivity contribution in [1.29, 1.82) is 0 Å². The molecular formula is C29H28ClN3O2S. The Morgan fingerprint density at radius 1 is 1.08 bits per heavy atom. The lowest BCUT2D eigenvalue weighted by atomic mass is 9.95. The second-order valence-corrected chi connectivity index (χ2v) is 11.0. The van der Waals surface area contributed by atoms with Crippen molar-refractivity contribution in [3.8, 4) is 10.8 Å². The first kappa shape index (κ1) is 23.2. The molecule has 36 heavy (non-hydrogen) atoms. The average molecular weight is 518 g/mol. The SMILES string of the molecule is COc1cccc([C@@H]2c3cccn3-c3sc4c(c3CN2C(=O)Nc2cc(Cl)ccc2C)CCCC4)c1. The van der Waals surface area contributed by atoms with Crippen LogP contribution >= 0.6 is 22.9 Å². The molecule has 5 nitrogen and oxygen atoms in total. The van der Waals surface area contributed by atoms with E-state index in [9.17, 15) is 4.79 Å². The lowest BCUT2D eigenvalue weighted by molar-refractivity contribution is 0.194. The van der Waals surface area contributed by atoms with Crippen LogP contribution in [-0.2, 0) is 19.4 Å². The molecule has 4 aromatic rings. The number of halogens is 1. The van der Waals surface area contributed by atoms with Crippen LogP contribution in [0, 0.1) is 6.92 Å². The van der Waals surface area contributed by atoms with Gasteiger partial charge in [-0.1, -0.05) is 29.8 Å². The molecule has 0 fully saturated rings. The average Bonchev–Trinajstić information content (AvgIpc) is 3.48. The first-order chi connectivity index (χ1) is 17.5. The second kappa shape index (κ2) is 9.34. The van der Waals surface area contributed by atoms with Crippen molar-refractivity contribution in [3.63, 3.8) is 0 Å². The van der Waals surface area contributed by atoms with Gasteiger partial charge in [-0.25, -0.2) is 4.79 Å². The van der Waals surface area contributed by atoms with E-state index < -0.39 is 0 Å². The number of fused-ring (bicyclic) bond motifs is 5. The third-order valence-electron chi connectivity index (χ3n) is 7.29. The number of amides is 2. The summed E-state index contributed by atoms with van der Waals surface area (Å²) in [5.41, 5.74) is 6.48. The summed E-state index contributed by atoms with van der Waals surface area (Å²) in [4.78, 5) is 17.5. The highest BCUT2D eigenvalue weighted by Gasteiger charge is 2.36. The number of hydrogen-bond acceptors (Lipinski definition) is 3. The monoisotopic (exact) mass is 517 g/mol. The second-order valence-electron chi connectivity index (χ2n) is 9.49. The minimum atomic E-state index is -0.284. The fourth-order valence-corrected chi connectivity index (χ4v) is 7.04. The molecule has 6 rings (SSSR count). The van der Waals surface area contributed by atoms with Crippen molar-refractivity contribution in [2.45, 2.75) is 45.2 Å². The number of ether oxygens (including phenoxy) is 1. The van der Waals surface area contributed by atoms with Gasteiger partial charge in [-0.3, -0.25) is 0 Å². The van der Waals surface area contributed by atoms with Crippen molar-refractivity contribution in [2.24, 2.45) is 0 Å². The number of benzene rings is 2. The molecule has 3 heterocycles. The summed E-state index contributed by atoms with van der Waals surface area (Å²) in [6, 6.07) is 17.4. The van der Waals surface area contributed by atoms with E-state index in [1.807, 2.05) is 59.6 Å². The maximum absolute atomic E-state index is 14.1. The zero-order chi connectivity index (χ0) is 24.8. The van der Waals surface area contributed by atoms with Crippen LogP contribution in [0.1, 0.15) is 51.7 Å². The zero-order valence-electron chi connectivity index (χ0n) is 20.4. The predicted octanol–water partition coefficient (Wildman–Crippen LogP) is 7.53. The molecular weight excluding hydrogens is 490 g/mol. The summed E-state index contributed by atoms with van der Waals surface area (Å²) in [5.74, 6) is 0.771. The van der Waals surface area contributed by atoms with Gasteiger partial charge in [0.25, 0.3) is 0 Å². The van der Waals surface area contributed by atoms with E-state index in [1.54, 1.807) is 7.11 Å². The summed E-state index contributed by atoms with van der Waals surface area (Å²) in [7, 11) is 1.67. The van der Waals surface area contributed by atoms with Gasteiger partial charge in [-0.15, -0.1) is 11.3 Å². The molecule has 2 aromatic heterocycles. The first-order valence-corrected chi connectivity index (χ1v) is 13.5. The molecule has 0 bridgehead atoms. The predicted molar refractivity (Wildman–Crippen MR) is 146 cm³/mol. The molecule has 1 N–H and O–H groups in total. The maximum Gasteiger partial charge on any atom is 0.322 e. The smallest absolute Gasteiger partial charge is 0.322 e. The van der Waals surface area contributed by atoms with Gasteiger partial charge in [0.1, 0.15) is 10.8 Å². The van der Waals surface area contributed by atoms with E-state index in [4.69, 9.17) is 16.3 Å². The van der Waals surface area contributed by atoms with Crippen LogP contribution in [0.2, 0.25) is 5.02 Å². The van der Waals surface area contributed by atoms with Gasteiger partial charge < -0.3 is 19.5 Å². The Labute approximate surface area is 220 Å². The van der Waals surface area contributed by atoms with E-state index in [0.29, 0.717) is 11.6 Å². The number of anilines is 1. The van der Waals surface area contributed by atoms with E-state index in [2.05, 4.69) is 34.3 Å². The molecule has 184 valence electrons. The van der Waals surface area contributed by atoms with Gasteiger partial charge >= 0.3 is 6.03 Å². The lowest BCUT2D eigenvalue weighted by Gasteiger charge is -2.32. The molecule has 0 spiro atoms. The Kier molecular flexibility index (Phi) is 6.02. The van der Waals surface area contributed by atoms with Crippen molar-refractivity contribution in [3.05, 3.63) is 98.6 Å². The van der Waals surface area contributed by atoms with Gasteiger partial charge in [0.05, 0.1) is 25.4 Å². The molecule has 2 amide bonds. The van der Waals surface area contributed by atoms with Crippen LogP contribution in [0.4, 0.5) is 10.5 Å². The molecule has 1 aliphatic carbocycles. The topological polar surface area (TPSA) is 46.5 Å². The Morgan fingerprint density at radius 2 is 1.94 bits per heavy atom. The molecule has 1 atom stereocenters. The number of nitrogens with zero attached hydrogens (tertiary/aromatic N) is 2. The van der Waals surface area contributed by atoms with Gasteiger partial charge in [0, 0.05) is 27.3 Å². The molecule has 2 aromatic carbocycles. The third kappa shape index (κ3) is 3.98. The van der Waals surface area contributed by atoms with Crippen molar-refractivity contribution in [2.75, 3.05) is 12.4 Å². The zero-order valence-corrected chi connectivity index (χ0v) is 22.0. The fraction of sp³-hybridized carbons (Fsp3) is 0.276. The fourth-order valence-electron chi connectivity index (χ4n) is 5.46. The lowest BCUT2D eigenvalue weighted by Crippen LogP contribution is -2.38. The number of thiophene rings is 1. The number of nitrogens with one attached hydrogen (secondary N) is 1. The number of aryl methyl sites for hydroxylation is 2. The van der Waals surface area contributed by atoms with Crippen LogP contribution < -0.4 is 10.1 Å². The Hall–Kier alpha value is -3.22. The Morgan fingerprint density at radius 3 is 2.81 bits per heavy atom. The van der Waals surface area contributed by atoms with Crippen molar-refractivity contribution >= 4 is 34.7 Å². The number of carbonyl (C=O) groups is 1. The normalized spacial score (nSPS) is 16.5. The highest BCUT2D eigenvalue weighted by atomic mass is 35.5. The van der Waals surface area contributed by atoms with Gasteiger partial charge in [0.2, 0.25) is 0 Å². The van der Waals surface area contributed by atoms with E-state index >= 15 is 0 Å². The highest BCUT2D eigenvalue weighted by molar-refractivity contribution is 7.15. The van der Waals surface area contributed by atoms with Gasteiger partial charge in [-0.2, -0.15) is 0 Å². The van der Waals surface area contributed by atoms with Crippen LogP contribution in [0.5, 0.6) is 5.75 Å². The van der Waals surface area contributed by atoms with Crippen LogP contribution in [0.25, 0.3) is 5.00 Å². The van der Waals surface area contributed by atoms with Crippen LogP contribution in [-0.4, -0.2) is 22.6 Å². The Bertz CT molecular complexity index is 1460. The number of hydrogen-bond donors (Lipinski definition) is 1. The standard InChI is InChI=1S/C29H28ClN3O2S/c1-18-12-13-20(30)16-24(18)31-29(34)33-17-23-22-9-3-4-11-26(22)36-28(23)32-14-6-10-25(32)27(33)19-7-5-8-21(15-19)35-2/h5-8,10,12-16,27H,3-4,9,11,17H2,1-2H3,(H,31,34)/t27-/m1/s1. The van der Waals surface area contributed by atoms with Gasteiger partial charge in [0.15, 0.2) is 0 Å². The number of urea groups is 1. The molecule has 0 saturated heterocycles. The number of methoxy groups -OCH3 is 1. The molecule has 0 saturated carbocycles. The largest absolute Gasteiger partial charge is 0.497 e. The molecule has 0 radical (unpaired) electrons. The highest BCUT2D eigenvalue weighted by Crippen LogP contribution is 2.44. The summed E-state index contributed by atoms with van der Waals surface area (Å²) in [5, 5.41) is 5.00.